The minimum absolute atomic E-state index is 0.127. The zero-order valence-corrected chi connectivity index (χ0v) is 18.2. The van der Waals surface area contributed by atoms with Crippen LogP contribution in [0.5, 0.6) is 0 Å². The van der Waals surface area contributed by atoms with Crippen molar-refractivity contribution in [2.75, 3.05) is 6.54 Å². The Labute approximate surface area is 181 Å². The number of hydrogen-bond donors (Lipinski definition) is 3. The molecule has 2 aromatic carbocycles. The quantitative estimate of drug-likeness (QED) is 0.447. The third kappa shape index (κ3) is 5.68. The number of rotatable bonds is 7. The average Bonchev–Trinajstić information content (AvgIpc) is 3.09. The van der Waals surface area contributed by atoms with Gasteiger partial charge in [0, 0.05) is 22.0 Å². The molecule has 5 nitrogen and oxygen atoms in total. The van der Waals surface area contributed by atoms with Crippen LogP contribution < -0.4 is 10.6 Å². The topological polar surface area (TPSA) is 78.4 Å². The van der Waals surface area contributed by atoms with Gasteiger partial charge in [-0.25, -0.2) is 4.79 Å². The molecular formula is C22H21BrN2O3S. The molecule has 1 aromatic heterocycles. The maximum absolute atomic E-state index is 13.1. The van der Waals surface area contributed by atoms with E-state index >= 15 is 0 Å². The van der Waals surface area contributed by atoms with Gasteiger partial charge in [-0.1, -0.05) is 60.2 Å². The number of thiophene rings is 1. The van der Waals surface area contributed by atoms with Crippen LogP contribution in [0.4, 0.5) is 4.79 Å². The number of amides is 2. The summed E-state index contributed by atoms with van der Waals surface area (Å²) in [6, 6.07) is 17.3. The number of carbonyl (C=O) groups excluding carboxylic acids is 1. The van der Waals surface area contributed by atoms with E-state index in [1.807, 2.05) is 66.9 Å². The second-order valence-corrected chi connectivity index (χ2v) is 8.43. The highest BCUT2D eigenvalue weighted by Crippen LogP contribution is 2.36. The lowest BCUT2D eigenvalue weighted by atomic mass is 10.0. The van der Waals surface area contributed by atoms with E-state index in [1.54, 1.807) is 0 Å². The van der Waals surface area contributed by atoms with Crippen molar-refractivity contribution in [3.8, 4) is 11.1 Å². The van der Waals surface area contributed by atoms with E-state index < -0.39 is 6.09 Å². The average molecular weight is 473 g/mol. The molecule has 1 unspecified atom stereocenters. The molecular weight excluding hydrogens is 452 g/mol. The van der Waals surface area contributed by atoms with E-state index in [2.05, 4.69) is 26.6 Å². The monoisotopic (exact) mass is 472 g/mol. The molecule has 0 aliphatic rings. The Balaban J connectivity index is 1.82. The van der Waals surface area contributed by atoms with Crippen LogP contribution in [0.1, 0.15) is 20.8 Å². The summed E-state index contributed by atoms with van der Waals surface area (Å²) in [5.41, 5.74) is 3.97. The van der Waals surface area contributed by atoms with Crippen molar-refractivity contribution in [1.29, 1.82) is 0 Å². The van der Waals surface area contributed by atoms with Gasteiger partial charge in [0.05, 0.1) is 6.04 Å². The molecule has 3 rings (SSSR count). The Morgan fingerprint density at radius 1 is 1.10 bits per heavy atom. The van der Waals surface area contributed by atoms with Crippen LogP contribution in [0.2, 0.25) is 0 Å². The molecule has 0 radical (unpaired) electrons. The van der Waals surface area contributed by atoms with Gasteiger partial charge >= 0.3 is 6.09 Å². The first-order valence-corrected chi connectivity index (χ1v) is 10.8. The summed E-state index contributed by atoms with van der Waals surface area (Å²) < 4.78 is 0.861. The SMILES string of the molecule is Cc1ccc(-c2c(Br)csc2C(=O)NC(CNC(=O)O)Cc2ccccc2)cc1. The molecule has 0 fully saturated rings. The molecule has 29 heavy (non-hydrogen) atoms. The molecule has 1 heterocycles. The Morgan fingerprint density at radius 2 is 1.79 bits per heavy atom. The van der Waals surface area contributed by atoms with Crippen LogP contribution >= 0.6 is 27.3 Å². The van der Waals surface area contributed by atoms with Crippen LogP contribution in [0.3, 0.4) is 0 Å². The van der Waals surface area contributed by atoms with E-state index in [9.17, 15) is 9.59 Å². The van der Waals surface area contributed by atoms with Crippen molar-refractivity contribution in [3.63, 3.8) is 0 Å². The summed E-state index contributed by atoms with van der Waals surface area (Å²) in [5, 5.41) is 16.2. The first-order chi connectivity index (χ1) is 13.9. The zero-order chi connectivity index (χ0) is 20.8. The van der Waals surface area contributed by atoms with Crippen LogP contribution in [-0.4, -0.2) is 29.7 Å². The van der Waals surface area contributed by atoms with Gasteiger partial charge in [0.25, 0.3) is 5.91 Å². The number of carboxylic acid groups (broad SMARTS) is 1. The number of benzene rings is 2. The largest absolute Gasteiger partial charge is 0.465 e. The van der Waals surface area contributed by atoms with Crippen molar-refractivity contribution < 1.29 is 14.7 Å². The van der Waals surface area contributed by atoms with Gasteiger partial charge in [-0.15, -0.1) is 11.3 Å². The smallest absolute Gasteiger partial charge is 0.404 e. The zero-order valence-electron chi connectivity index (χ0n) is 15.8. The van der Waals surface area contributed by atoms with Gasteiger partial charge in [0.2, 0.25) is 0 Å². The predicted octanol–water partition coefficient (Wildman–Crippen LogP) is 5.09. The summed E-state index contributed by atoms with van der Waals surface area (Å²) in [6.45, 7) is 2.14. The summed E-state index contributed by atoms with van der Waals surface area (Å²) in [6.07, 6.45) is -0.587. The normalized spacial score (nSPS) is 11.7. The lowest BCUT2D eigenvalue weighted by Crippen LogP contribution is -2.44. The molecule has 1 atom stereocenters. The Hall–Kier alpha value is -2.64. The van der Waals surface area contributed by atoms with Crippen LogP contribution in [0.25, 0.3) is 11.1 Å². The minimum Gasteiger partial charge on any atom is -0.465 e. The van der Waals surface area contributed by atoms with Gasteiger partial charge in [0.1, 0.15) is 4.88 Å². The van der Waals surface area contributed by atoms with E-state index in [1.165, 1.54) is 11.3 Å². The number of nitrogens with one attached hydrogen (secondary N) is 2. The van der Waals surface area contributed by atoms with Crippen LogP contribution in [0.15, 0.2) is 64.5 Å². The maximum atomic E-state index is 13.1. The first-order valence-electron chi connectivity index (χ1n) is 9.09. The lowest BCUT2D eigenvalue weighted by molar-refractivity contribution is 0.0940. The second kappa shape index (κ2) is 9.71. The maximum Gasteiger partial charge on any atom is 0.404 e. The van der Waals surface area contributed by atoms with Gasteiger partial charge < -0.3 is 15.7 Å². The van der Waals surface area contributed by atoms with Crippen LogP contribution in [-0.2, 0) is 6.42 Å². The van der Waals surface area contributed by atoms with E-state index in [0.29, 0.717) is 11.3 Å². The molecule has 0 bridgehead atoms. The fourth-order valence-corrected chi connectivity index (χ4v) is 4.72. The van der Waals surface area contributed by atoms with Crippen LogP contribution in [0, 0.1) is 6.92 Å². The molecule has 7 heteroatoms. The highest BCUT2D eigenvalue weighted by molar-refractivity contribution is 9.10. The number of hydrogen-bond acceptors (Lipinski definition) is 3. The lowest BCUT2D eigenvalue weighted by Gasteiger charge is -2.19. The summed E-state index contributed by atoms with van der Waals surface area (Å²) >= 11 is 4.91. The molecule has 2 amide bonds. The van der Waals surface area contributed by atoms with E-state index in [0.717, 1.165) is 26.7 Å². The summed E-state index contributed by atoms with van der Waals surface area (Å²) in [5.74, 6) is -0.218. The Morgan fingerprint density at radius 3 is 2.45 bits per heavy atom. The fraction of sp³-hybridized carbons (Fsp3) is 0.182. The molecule has 0 spiro atoms. The van der Waals surface area contributed by atoms with Crippen molar-refractivity contribution in [2.24, 2.45) is 0 Å². The summed E-state index contributed by atoms with van der Waals surface area (Å²) in [4.78, 5) is 24.6. The molecule has 3 aromatic rings. The van der Waals surface area contributed by atoms with Gasteiger partial charge in [0.15, 0.2) is 0 Å². The Kier molecular flexibility index (Phi) is 7.06. The van der Waals surface area contributed by atoms with E-state index in [4.69, 9.17) is 5.11 Å². The molecule has 150 valence electrons. The van der Waals surface area contributed by atoms with E-state index in [-0.39, 0.29) is 18.5 Å². The third-order valence-corrected chi connectivity index (χ3v) is 6.36. The van der Waals surface area contributed by atoms with Crippen molar-refractivity contribution >= 4 is 39.3 Å². The van der Waals surface area contributed by atoms with Gasteiger partial charge in [-0.3, -0.25) is 4.79 Å². The number of halogens is 1. The molecule has 0 aliphatic carbocycles. The third-order valence-electron chi connectivity index (χ3n) is 4.45. The van der Waals surface area contributed by atoms with Crippen molar-refractivity contribution in [1.82, 2.24) is 10.6 Å². The van der Waals surface area contributed by atoms with Crippen molar-refractivity contribution in [2.45, 2.75) is 19.4 Å². The van der Waals surface area contributed by atoms with Gasteiger partial charge in [-0.05, 0) is 40.4 Å². The fourth-order valence-electron chi connectivity index (χ4n) is 3.03. The van der Waals surface area contributed by atoms with Crippen molar-refractivity contribution in [3.05, 3.63) is 80.5 Å². The number of carbonyl (C=O) groups is 2. The Bertz CT molecular complexity index is 987. The predicted molar refractivity (Wildman–Crippen MR) is 120 cm³/mol. The molecule has 0 saturated heterocycles. The summed E-state index contributed by atoms with van der Waals surface area (Å²) in [7, 11) is 0. The highest BCUT2D eigenvalue weighted by atomic mass is 79.9. The standard InChI is InChI=1S/C22H21BrN2O3S/c1-14-7-9-16(10-8-14)19-18(23)13-29-20(19)21(26)25-17(12-24-22(27)28)11-15-5-3-2-4-6-15/h2-10,13,17,24H,11-12H2,1H3,(H,25,26)(H,27,28). The molecule has 3 N–H and O–H groups in total. The molecule has 0 aliphatic heterocycles. The van der Waals surface area contributed by atoms with Gasteiger partial charge in [-0.2, -0.15) is 0 Å². The molecule has 0 saturated carbocycles. The second-order valence-electron chi connectivity index (χ2n) is 6.70. The first kappa shape index (κ1) is 21.1. The minimum atomic E-state index is -1.11. The highest BCUT2D eigenvalue weighted by Gasteiger charge is 2.21. The number of aryl methyl sites for hydroxylation is 1.